The minimum Gasteiger partial charge on any atom is -0.367 e. The molecule has 0 spiro atoms. The van der Waals surface area contributed by atoms with Crippen LogP contribution in [0.5, 0.6) is 0 Å². The van der Waals surface area contributed by atoms with Crippen molar-refractivity contribution in [3.8, 4) is 11.3 Å². The van der Waals surface area contributed by atoms with Gasteiger partial charge in [-0.15, -0.1) is 0 Å². The molecule has 0 unspecified atom stereocenters. The Morgan fingerprint density at radius 1 is 1.28 bits per heavy atom. The maximum atomic E-state index is 11.4. The van der Waals surface area contributed by atoms with E-state index in [9.17, 15) is 8.42 Å². The molecule has 2 aromatic heterocycles. The van der Waals surface area contributed by atoms with Gasteiger partial charge in [0.25, 0.3) is 0 Å². The van der Waals surface area contributed by atoms with Gasteiger partial charge in [-0.05, 0) is 37.0 Å². The molecular formula is C17H20N5O2S+. The van der Waals surface area contributed by atoms with Crippen molar-refractivity contribution in [2.24, 2.45) is 5.92 Å². The number of sulfonamides is 1. The van der Waals surface area contributed by atoms with Crippen molar-refractivity contribution in [3.05, 3.63) is 42.6 Å². The van der Waals surface area contributed by atoms with Gasteiger partial charge < -0.3 is 5.32 Å². The molecule has 2 heterocycles. The van der Waals surface area contributed by atoms with Crippen LogP contribution in [-0.4, -0.2) is 30.8 Å². The molecule has 25 heavy (non-hydrogen) atoms. The summed E-state index contributed by atoms with van der Waals surface area (Å²) in [5.74, 6) is 1.60. The van der Waals surface area contributed by atoms with Crippen LogP contribution in [0.3, 0.4) is 0 Å². The molecule has 0 atom stereocenters. The van der Waals surface area contributed by atoms with Crippen molar-refractivity contribution in [1.82, 2.24) is 9.61 Å². The highest BCUT2D eigenvalue weighted by atomic mass is 32.2. The Morgan fingerprint density at radius 2 is 2.12 bits per heavy atom. The molecule has 1 aliphatic carbocycles. The Kier molecular flexibility index (Phi) is 3.84. The van der Waals surface area contributed by atoms with Gasteiger partial charge in [0.1, 0.15) is 6.20 Å². The highest BCUT2D eigenvalue weighted by molar-refractivity contribution is 7.92. The molecule has 0 amide bonds. The predicted octanol–water partition coefficient (Wildman–Crippen LogP) is 2.01. The quantitative estimate of drug-likeness (QED) is 0.705. The number of anilines is 2. The Morgan fingerprint density at radius 3 is 2.88 bits per heavy atom. The Hall–Kier alpha value is -2.61. The van der Waals surface area contributed by atoms with E-state index in [1.807, 2.05) is 35.0 Å². The second kappa shape index (κ2) is 6.03. The summed E-state index contributed by atoms with van der Waals surface area (Å²) in [6.07, 6.45) is 5.59. The van der Waals surface area contributed by atoms with E-state index < -0.39 is 10.0 Å². The second-order valence-electron chi connectivity index (χ2n) is 6.47. The fourth-order valence-electron chi connectivity index (χ4n) is 2.75. The number of fused-ring (bicyclic) bond motifs is 1. The van der Waals surface area contributed by atoms with Gasteiger partial charge in [0, 0.05) is 23.9 Å². The summed E-state index contributed by atoms with van der Waals surface area (Å²) in [5.41, 5.74) is 3.13. The SMILES string of the molecule is CS(=O)(=O)Nc1cccc(-c2c[nH+]c3ccc(NCC4CC4)nn23)c1. The maximum absolute atomic E-state index is 11.4. The van der Waals surface area contributed by atoms with Gasteiger partial charge in [0.2, 0.25) is 15.7 Å². The number of aromatic nitrogens is 3. The third-order valence-electron chi connectivity index (χ3n) is 4.15. The first-order chi connectivity index (χ1) is 12.0. The van der Waals surface area contributed by atoms with Crippen molar-refractivity contribution in [2.75, 3.05) is 22.8 Å². The van der Waals surface area contributed by atoms with Crippen molar-refractivity contribution in [1.29, 1.82) is 0 Å². The monoisotopic (exact) mass is 358 g/mol. The van der Waals surface area contributed by atoms with E-state index >= 15 is 0 Å². The summed E-state index contributed by atoms with van der Waals surface area (Å²) in [4.78, 5) is 3.19. The van der Waals surface area contributed by atoms with E-state index in [0.29, 0.717) is 5.69 Å². The van der Waals surface area contributed by atoms with E-state index in [2.05, 4.69) is 20.1 Å². The van der Waals surface area contributed by atoms with E-state index in [4.69, 9.17) is 0 Å². The van der Waals surface area contributed by atoms with Crippen LogP contribution in [0.25, 0.3) is 16.9 Å². The highest BCUT2D eigenvalue weighted by Crippen LogP contribution is 2.29. The smallest absolute Gasteiger partial charge is 0.305 e. The molecule has 1 fully saturated rings. The predicted molar refractivity (Wildman–Crippen MR) is 96.9 cm³/mol. The molecule has 1 saturated carbocycles. The van der Waals surface area contributed by atoms with E-state index in [-0.39, 0.29) is 0 Å². The summed E-state index contributed by atoms with van der Waals surface area (Å²) >= 11 is 0. The number of H-pyrrole nitrogens is 1. The number of hydrogen-bond donors (Lipinski definition) is 2. The topological polar surface area (TPSA) is 89.6 Å². The van der Waals surface area contributed by atoms with Crippen LogP contribution >= 0.6 is 0 Å². The lowest BCUT2D eigenvalue weighted by Crippen LogP contribution is -2.09. The van der Waals surface area contributed by atoms with Gasteiger partial charge >= 0.3 is 5.65 Å². The molecule has 1 aromatic carbocycles. The molecule has 1 aliphatic rings. The van der Waals surface area contributed by atoms with Crippen LogP contribution in [-0.2, 0) is 10.0 Å². The van der Waals surface area contributed by atoms with Crippen molar-refractivity contribution in [2.45, 2.75) is 12.8 Å². The minimum atomic E-state index is -3.31. The molecule has 8 heteroatoms. The zero-order chi connectivity index (χ0) is 17.4. The van der Waals surface area contributed by atoms with Gasteiger partial charge in [-0.1, -0.05) is 21.7 Å². The summed E-state index contributed by atoms with van der Waals surface area (Å²) in [6, 6.07) is 11.2. The highest BCUT2D eigenvalue weighted by Gasteiger charge is 2.21. The molecule has 0 saturated heterocycles. The maximum Gasteiger partial charge on any atom is 0.305 e. The normalized spacial score (nSPS) is 14.6. The fourth-order valence-corrected chi connectivity index (χ4v) is 3.30. The zero-order valence-corrected chi connectivity index (χ0v) is 14.7. The van der Waals surface area contributed by atoms with Crippen molar-refractivity contribution in [3.63, 3.8) is 0 Å². The van der Waals surface area contributed by atoms with Crippen LogP contribution < -0.4 is 15.0 Å². The van der Waals surface area contributed by atoms with Crippen LogP contribution in [0.15, 0.2) is 42.6 Å². The fraction of sp³-hybridized carbons (Fsp3) is 0.294. The lowest BCUT2D eigenvalue weighted by molar-refractivity contribution is -0.343. The summed E-state index contributed by atoms with van der Waals surface area (Å²) in [6.45, 7) is 0.951. The molecule has 3 aromatic rings. The number of nitrogens with zero attached hydrogens (tertiary/aromatic N) is 2. The van der Waals surface area contributed by atoms with Crippen LogP contribution in [0.4, 0.5) is 11.5 Å². The average Bonchev–Trinajstić information content (AvgIpc) is 3.29. The lowest BCUT2D eigenvalue weighted by Gasteiger charge is -2.05. The van der Waals surface area contributed by atoms with E-state index in [1.54, 1.807) is 12.1 Å². The summed E-state index contributed by atoms with van der Waals surface area (Å²) in [5, 5.41) is 8.02. The van der Waals surface area contributed by atoms with Crippen LogP contribution in [0.2, 0.25) is 0 Å². The number of imidazole rings is 1. The number of benzene rings is 1. The molecule has 7 nitrogen and oxygen atoms in total. The molecule has 0 bridgehead atoms. The number of nitrogens with one attached hydrogen (secondary N) is 3. The number of aromatic amines is 1. The standard InChI is InChI=1S/C17H19N5O2S/c1-25(23,24)21-14-4-2-3-13(9-14)15-11-19-17-8-7-16(20-22(15)17)18-10-12-5-6-12/h2-4,7-9,11-12,21H,5-6,10H2,1H3,(H,18,20)/p+1. The van der Waals surface area contributed by atoms with Gasteiger partial charge in [0.05, 0.1) is 6.26 Å². The first-order valence-electron chi connectivity index (χ1n) is 8.20. The largest absolute Gasteiger partial charge is 0.367 e. The molecular weight excluding hydrogens is 338 g/mol. The third kappa shape index (κ3) is 3.74. The zero-order valence-electron chi connectivity index (χ0n) is 13.9. The average molecular weight is 358 g/mol. The molecule has 3 N–H and O–H groups in total. The summed E-state index contributed by atoms with van der Waals surface area (Å²) in [7, 11) is -3.31. The van der Waals surface area contributed by atoms with Crippen LogP contribution in [0, 0.1) is 5.92 Å². The first kappa shape index (κ1) is 15.9. The van der Waals surface area contributed by atoms with Gasteiger partial charge in [0.15, 0.2) is 5.82 Å². The Labute approximate surface area is 146 Å². The third-order valence-corrected chi connectivity index (χ3v) is 4.76. The van der Waals surface area contributed by atoms with Crippen molar-refractivity contribution >= 4 is 27.2 Å². The number of rotatable bonds is 6. The Balaban J connectivity index is 1.68. The lowest BCUT2D eigenvalue weighted by atomic mass is 10.1. The van der Waals surface area contributed by atoms with Gasteiger partial charge in [-0.2, -0.15) is 0 Å². The molecule has 4 rings (SSSR count). The van der Waals surface area contributed by atoms with E-state index in [1.165, 1.54) is 12.8 Å². The van der Waals surface area contributed by atoms with Gasteiger partial charge in [-0.3, -0.25) is 4.72 Å². The van der Waals surface area contributed by atoms with E-state index in [0.717, 1.165) is 41.4 Å². The Bertz CT molecular complexity index is 1020. The van der Waals surface area contributed by atoms with Crippen LogP contribution in [0.1, 0.15) is 12.8 Å². The number of hydrogen-bond acceptors (Lipinski definition) is 4. The molecule has 0 aliphatic heterocycles. The van der Waals surface area contributed by atoms with Gasteiger partial charge in [-0.25, -0.2) is 13.4 Å². The summed E-state index contributed by atoms with van der Waals surface area (Å²) < 4.78 is 27.2. The second-order valence-corrected chi connectivity index (χ2v) is 8.22. The first-order valence-corrected chi connectivity index (χ1v) is 10.1. The molecule has 130 valence electrons. The minimum absolute atomic E-state index is 0.526. The van der Waals surface area contributed by atoms with Crippen molar-refractivity contribution < 1.29 is 13.4 Å². The molecule has 0 radical (unpaired) electrons.